The van der Waals surface area contributed by atoms with Gasteiger partial charge in [-0.1, -0.05) is 31.6 Å². The summed E-state index contributed by atoms with van der Waals surface area (Å²) < 4.78 is 0. The molecule has 0 aliphatic carbocycles. The standard InChI is InChI=1S/C10H18O/c1-5-10(3,4)8-9(2)6-7-11/h5-6,11H,1,7-8H2,2-4H3/b9-6+. The zero-order chi connectivity index (χ0) is 8.91. The predicted molar refractivity (Wildman–Crippen MR) is 49.4 cm³/mol. The van der Waals surface area contributed by atoms with E-state index in [1.165, 1.54) is 5.57 Å². The van der Waals surface area contributed by atoms with E-state index in [0.29, 0.717) is 0 Å². The smallest absolute Gasteiger partial charge is 0.0614 e. The van der Waals surface area contributed by atoms with E-state index in [1.54, 1.807) is 0 Å². The maximum absolute atomic E-state index is 8.60. The van der Waals surface area contributed by atoms with Crippen LogP contribution in [-0.2, 0) is 0 Å². The lowest BCUT2D eigenvalue weighted by atomic mass is 9.86. The molecule has 0 aromatic heterocycles. The van der Waals surface area contributed by atoms with Gasteiger partial charge in [0.25, 0.3) is 0 Å². The molecule has 0 aliphatic rings. The van der Waals surface area contributed by atoms with E-state index in [-0.39, 0.29) is 12.0 Å². The van der Waals surface area contributed by atoms with Crippen molar-refractivity contribution in [2.45, 2.75) is 27.2 Å². The molecule has 64 valence electrons. The van der Waals surface area contributed by atoms with E-state index in [0.717, 1.165) is 6.42 Å². The average Bonchev–Trinajstić information content (AvgIpc) is 1.87. The largest absolute Gasteiger partial charge is 0.392 e. The predicted octanol–water partition coefficient (Wildman–Crippen LogP) is 2.53. The Balaban J connectivity index is 4.03. The van der Waals surface area contributed by atoms with Crippen molar-refractivity contribution < 1.29 is 5.11 Å². The zero-order valence-corrected chi connectivity index (χ0v) is 7.72. The van der Waals surface area contributed by atoms with Gasteiger partial charge < -0.3 is 5.11 Å². The first kappa shape index (κ1) is 10.4. The summed E-state index contributed by atoms with van der Waals surface area (Å²) >= 11 is 0. The van der Waals surface area contributed by atoms with Crippen LogP contribution in [0.25, 0.3) is 0 Å². The first-order chi connectivity index (χ1) is 5.02. The fourth-order valence-corrected chi connectivity index (χ4v) is 1.02. The lowest BCUT2D eigenvalue weighted by Crippen LogP contribution is -2.07. The second kappa shape index (κ2) is 4.35. The number of hydrogen-bond donors (Lipinski definition) is 1. The van der Waals surface area contributed by atoms with Gasteiger partial charge in [-0.05, 0) is 18.8 Å². The van der Waals surface area contributed by atoms with Crippen molar-refractivity contribution in [3.05, 3.63) is 24.3 Å². The Kier molecular flexibility index (Phi) is 4.12. The summed E-state index contributed by atoms with van der Waals surface area (Å²) in [6.07, 6.45) is 4.75. The molecule has 0 bridgehead atoms. The monoisotopic (exact) mass is 154 g/mol. The fourth-order valence-electron chi connectivity index (χ4n) is 1.02. The van der Waals surface area contributed by atoms with E-state index >= 15 is 0 Å². The molecule has 11 heavy (non-hydrogen) atoms. The second-order valence-corrected chi connectivity index (χ2v) is 3.60. The number of aliphatic hydroxyl groups is 1. The molecular formula is C10H18O. The molecule has 0 saturated heterocycles. The fraction of sp³-hybridized carbons (Fsp3) is 0.600. The topological polar surface area (TPSA) is 20.2 Å². The lowest BCUT2D eigenvalue weighted by Gasteiger charge is -2.19. The van der Waals surface area contributed by atoms with E-state index in [4.69, 9.17) is 5.11 Å². The Labute approximate surface area is 69.4 Å². The summed E-state index contributed by atoms with van der Waals surface area (Å²) in [6.45, 7) is 10.2. The highest BCUT2D eigenvalue weighted by Gasteiger charge is 2.12. The Hall–Kier alpha value is -0.560. The number of rotatable bonds is 4. The van der Waals surface area contributed by atoms with Gasteiger partial charge in [-0.25, -0.2) is 0 Å². The molecule has 1 nitrogen and oxygen atoms in total. The van der Waals surface area contributed by atoms with Gasteiger partial charge in [0.15, 0.2) is 0 Å². The van der Waals surface area contributed by atoms with Gasteiger partial charge in [-0.3, -0.25) is 0 Å². The van der Waals surface area contributed by atoms with Crippen molar-refractivity contribution in [2.24, 2.45) is 5.41 Å². The second-order valence-electron chi connectivity index (χ2n) is 3.60. The van der Waals surface area contributed by atoms with Crippen LogP contribution in [0.4, 0.5) is 0 Å². The van der Waals surface area contributed by atoms with Crippen LogP contribution in [0, 0.1) is 5.41 Å². The van der Waals surface area contributed by atoms with Gasteiger partial charge in [0.05, 0.1) is 6.61 Å². The molecule has 0 aromatic carbocycles. The third-order valence-corrected chi connectivity index (χ3v) is 1.73. The molecule has 0 aliphatic heterocycles. The Morgan fingerprint density at radius 3 is 2.45 bits per heavy atom. The Bertz CT molecular complexity index is 154. The minimum absolute atomic E-state index is 0.138. The molecule has 0 rings (SSSR count). The molecule has 1 heteroatoms. The summed E-state index contributed by atoms with van der Waals surface area (Å²) in [5.74, 6) is 0. The first-order valence-electron chi connectivity index (χ1n) is 3.92. The highest BCUT2D eigenvalue weighted by molar-refractivity contribution is 5.05. The first-order valence-corrected chi connectivity index (χ1v) is 3.92. The molecule has 0 fully saturated rings. The van der Waals surface area contributed by atoms with Gasteiger partial charge in [0.1, 0.15) is 0 Å². The molecule has 0 radical (unpaired) electrons. The van der Waals surface area contributed by atoms with Crippen LogP contribution in [0.1, 0.15) is 27.2 Å². The summed E-state index contributed by atoms with van der Waals surface area (Å²) in [5, 5.41) is 8.60. The van der Waals surface area contributed by atoms with Crippen molar-refractivity contribution in [1.82, 2.24) is 0 Å². The van der Waals surface area contributed by atoms with Crippen LogP contribution in [0.3, 0.4) is 0 Å². The normalized spacial score (nSPS) is 13.3. The van der Waals surface area contributed by atoms with Crippen LogP contribution in [0.5, 0.6) is 0 Å². The Morgan fingerprint density at radius 1 is 1.55 bits per heavy atom. The molecule has 0 spiro atoms. The van der Waals surface area contributed by atoms with Crippen LogP contribution in [0.2, 0.25) is 0 Å². The van der Waals surface area contributed by atoms with Gasteiger partial charge in [0.2, 0.25) is 0 Å². The molecular weight excluding hydrogens is 136 g/mol. The average molecular weight is 154 g/mol. The van der Waals surface area contributed by atoms with Crippen LogP contribution >= 0.6 is 0 Å². The van der Waals surface area contributed by atoms with E-state index in [1.807, 2.05) is 19.1 Å². The van der Waals surface area contributed by atoms with Gasteiger partial charge >= 0.3 is 0 Å². The van der Waals surface area contributed by atoms with Crippen molar-refractivity contribution in [3.8, 4) is 0 Å². The minimum atomic E-state index is 0.138. The lowest BCUT2D eigenvalue weighted by molar-refractivity contribution is 0.340. The van der Waals surface area contributed by atoms with Crippen molar-refractivity contribution in [2.75, 3.05) is 6.61 Å². The van der Waals surface area contributed by atoms with Crippen LogP contribution in [0.15, 0.2) is 24.3 Å². The Morgan fingerprint density at radius 2 is 2.09 bits per heavy atom. The van der Waals surface area contributed by atoms with E-state index in [9.17, 15) is 0 Å². The summed E-state index contributed by atoms with van der Waals surface area (Å²) in [6, 6.07) is 0. The van der Waals surface area contributed by atoms with Crippen molar-refractivity contribution in [1.29, 1.82) is 0 Å². The maximum atomic E-state index is 8.60. The van der Waals surface area contributed by atoms with Gasteiger partial charge in [-0.2, -0.15) is 0 Å². The molecule has 1 N–H and O–H groups in total. The number of allylic oxidation sites excluding steroid dienone is 2. The summed E-state index contributed by atoms with van der Waals surface area (Å²) in [5.41, 5.74) is 1.37. The van der Waals surface area contributed by atoms with Gasteiger partial charge in [-0.15, -0.1) is 6.58 Å². The third-order valence-electron chi connectivity index (χ3n) is 1.73. The summed E-state index contributed by atoms with van der Waals surface area (Å²) in [7, 11) is 0. The van der Waals surface area contributed by atoms with E-state index < -0.39 is 0 Å². The minimum Gasteiger partial charge on any atom is -0.392 e. The molecule has 0 unspecified atom stereocenters. The van der Waals surface area contributed by atoms with E-state index in [2.05, 4.69) is 20.4 Å². The SMILES string of the molecule is C=CC(C)(C)C/C(C)=C/CO. The highest BCUT2D eigenvalue weighted by Crippen LogP contribution is 2.25. The number of hydrogen-bond acceptors (Lipinski definition) is 1. The van der Waals surface area contributed by atoms with Gasteiger partial charge in [0, 0.05) is 0 Å². The van der Waals surface area contributed by atoms with Crippen LogP contribution < -0.4 is 0 Å². The van der Waals surface area contributed by atoms with Crippen molar-refractivity contribution in [3.63, 3.8) is 0 Å². The molecule has 0 heterocycles. The number of aliphatic hydroxyl groups excluding tert-OH is 1. The molecule has 0 aromatic rings. The quantitative estimate of drug-likeness (QED) is 0.617. The molecule has 0 saturated carbocycles. The maximum Gasteiger partial charge on any atom is 0.0614 e. The highest BCUT2D eigenvalue weighted by atomic mass is 16.2. The summed E-state index contributed by atoms with van der Waals surface area (Å²) in [4.78, 5) is 0. The molecule has 0 amide bonds. The van der Waals surface area contributed by atoms with Crippen molar-refractivity contribution >= 4 is 0 Å². The zero-order valence-electron chi connectivity index (χ0n) is 7.72. The third kappa shape index (κ3) is 4.79. The van der Waals surface area contributed by atoms with Crippen LogP contribution in [-0.4, -0.2) is 11.7 Å². The molecule has 0 atom stereocenters.